The van der Waals surface area contributed by atoms with Gasteiger partial charge in [0, 0.05) is 19.2 Å². The van der Waals surface area contributed by atoms with Gasteiger partial charge in [0.25, 0.3) is 0 Å². The number of hydrogen-bond donors (Lipinski definition) is 1. The summed E-state index contributed by atoms with van der Waals surface area (Å²) in [5.74, 6) is -0.958. The largest absolute Gasteiger partial charge is 0.478 e. The van der Waals surface area contributed by atoms with Crippen molar-refractivity contribution in [2.45, 2.75) is 25.0 Å². The molecule has 0 radical (unpaired) electrons. The summed E-state index contributed by atoms with van der Waals surface area (Å²) in [5, 5.41) is 9.86. The Morgan fingerprint density at radius 2 is 2.03 bits per heavy atom. The van der Waals surface area contributed by atoms with Crippen LogP contribution in [0, 0.1) is 0 Å². The van der Waals surface area contributed by atoms with Crippen LogP contribution in [0.4, 0.5) is 0 Å². The lowest BCUT2D eigenvalue weighted by atomic mass is 10.0. The van der Waals surface area contributed by atoms with Gasteiger partial charge in [-0.2, -0.15) is 0 Å². The van der Waals surface area contributed by atoms with E-state index in [1.807, 2.05) is 42.5 Å². The van der Waals surface area contributed by atoms with Crippen molar-refractivity contribution in [3.05, 3.63) is 70.7 Å². The van der Waals surface area contributed by atoms with Crippen molar-refractivity contribution < 1.29 is 14.6 Å². The van der Waals surface area contributed by atoms with Crippen LogP contribution in [0.3, 0.4) is 0 Å². The lowest BCUT2D eigenvalue weighted by Gasteiger charge is -2.31. The Kier molecular flexibility index (Phi) is 6.04. The lowest BCUT2D eigenvalue weighted by molar-refractivity contribution is -0.131. The smallest absolute Gasteiger partial charge is 0.328 e. The third-order valence-electron chi connectivity index (χ3n) is 5.16. The molecule has 1 aliphatic rings. The molecule has 1 aliphatic heterocycles. The predicted molar refractivity (Wildman–Crippen MR) is 116 cm³/mol. The SMILES string of the molecule is CN1CCC(OC(c2cccc(/C=C/C(=O)O)c2)c2nc3ccccc3s2)CC1. The van der Waals surface area contributed by atoms with Crippen LogP contribution in [0.2, 0.25) is 0 Å². The van der Waals surface area contributed by atoms with Gasteiger partial charge >= 0.3 is 5.97 Å². The van der Waals surface area contributed by atoms with Crippen LogP contribution in [0.25, 0.3) is 16.3 Å². The van der Waals surface area contributed by atoms with Crippen LogP contribution in [-0.4, -0.2) is 47.2 Å². The van der Waals surface area contributed by atoms with E-state index < -0.39 is 5.97 Å². The van der Waals surface area contributed by atoms with E-state index in [2.05, 4.69) is 18.0 Å². The Balaban J connectivity index is 1.68. The minimum absolute atomic E-state index is 0.182. The maximum absolute atomic E-state index is 10.9. The van der Waals surface area contributed by atoms with Gasteiger partial charge in [-0.3, -0.25) is 0 Å². The van der Waals surface area contributed by atoms with Crippen LogP contribution >= 0.6 is 11.3 Å². The number of thiazole rings is 1. The molecule has 1 saturated heterocycles. The van der Waals surface area contributed by atoms with Crippen LogP contribution < -0.4 is 0 Å². The molecule has 0 bridgehead atoms. The molecule has 150 valence electrons. The highest BCUT2D eigenvalue weighted by Gasteiger charge is 2.26. The number of likely N-dealkylation sites (tertiary alicyclic amines) is 1. The van der Waals surface area contributed by atoms with Crippen molar-refractivity contribution in [2.75, 3.05) is 20.1 Å². The second-order valence-electron chi connectivity index (χ2n) is 7.38. The number of aliphatic carboxylic acids is 1. The number of para-hydroxylation sites is 1. The normalized spacial score (nSPS) is 17.1. The molecule has 5 nitrogen and oxygen atoms in total. The number of carboxylic acid groups (broad SMARTS) is 1. The van der Waals surface area contributed by atoms with Gasteiger partial charge in [-0.1, -0.05) is 30.3 Å². The fourth-order valence-corrected chi connectivity index (χ4v) is 4.62. The average molecular weight is 409 g/mol. The van der Waals surface area contributed by atoms with Gasteiger partial charge in [0.15, 0.2) is 0 Å². The topological polar surface area (TPSA) is 62.7 Å². The number of rotatable bonds is 6. The number of benzene rings is 2. The Hall–Kier alpha value is -2.54. The van der Waals surface area contributed by atoms with Gasteiger partial charge in [0.05, 0.1) is 16.3 Å². The van der Waals surface area contributed by atoms with E-state index in [1.54, 1.807) is 17.4 Å². The van der Waals surface area contributed by atoms with Gasteiger partial charge in [0.2, 0.25) is 0 Å². The third kappa shape index (κ3) is 4.90. The summed E-state index contributed by atoms with van der Waals surface area (Å²) in [5.41, 5.74) is 2.81. The molecule has 4 rings (SSSR count). The van der Waals surface area contributed by atoms with E-state index in [0.717, 1.165) is 58.4 Å². The summed E-state index contributed by atoms with van der Waals surface area (Å²) in [6.07, 6.45) is 4.67. The summed E-state index contributed by atoms with van der Waals surface area (Å²) in [6.45, 7) is 2.05. The fourth-order valence-electron chi connectivity index (χ4n) is 3.59. The zero-order chi connectivity index (χ0) is 20.2. The Bertz CT molecular complexity index is 989. The molecular formula is C23H24N2O3S. The van der Waals surface area contributed by atoms with Gasteiger partial charge in [0.1, 0.15) is 11.1 Å². The first-order valence-electron chi connectivity index (χ1n) is 9.79. The molecule has 1 atom stereocenters. The summed E-state index contributed by atoms with van der Waals surface area (Å²) in [6, 6.07) is 16.0. The highest BCUT2D eigenvalue weighted by Crippen LogP contribution is 2.35. The number of nitrogens with zero attached hydrogens (tertiary/aromatic N) is 2. The van der Waals surface area contributed by atoms with Crippen molar-refractivity contribution in [2.24, 2.45) is 0 Å². The molecule has 1 N–H and O–H groups in total. The van der Waals surface area contributed by atoms with Crippen molar-refractivity contribution >= 4 is 33.6 Å². The van der Waals surface area contributed by atoms with Crippen molar-refractivity contribution in [3.8, 4) is 0 Å². The van der Waals surface area contributed by atoms with Crippen LogP contribution in [0.1, 0.15) is 35.1 Å². The number of carboxylic acids is 1. The van der Waals surface area contributed by atoms with E-state index in [1.165, 1.54) is 0 Å². The molecule has 2 aromatic carbocycles. The number of ether oxygens (including phenoxy) is 1. The molecule has 1 unspecified atom stereocenters. The molecule has 0 amide bonds. The third-order valence-corrected chi connectivity index (χ3v) is 6.24. The van der Waals surface area contributed by atoms with Gasteiger partial charge in [-0.25, -0.2) is 9.78 Å². The molecule has 29 heavy (non-hydrogen) atoms. The Morgan fingerprint density at radius 3 is 2.79 bits per heavy atom. The molecule has 2 heterocycles. The van der Waals surface area contributed by atoms with E-state index in [0.29, 0.717) is 0 Å². The number of carbonyl (C=O) groups is 1. The molecule has 0 spiro atoms. The minimum Gasteiger partial charge on any atom is -0.478 e. The second kappa shape index (κ2) is 8.86. The second-order valence-corrected chi connectivity index (χ2v) is 8.44. The van der Waals surface area contributed by atoms with Gasteiger partial charge in [-0.05, 0) is 55.3 Å². The van der Waals surface area contributed by atoms with Crippen LogP contribution in [0.15, 0.2) is 54.6 Å². The summed E-state index contributed by atoms with van der Waals surface area (Å²) in [7, 11) is 2.14. The number of fused-ring (bicyclic) bond motifs is 1. The minimum atomic E-state index is -0.958. The molecule has 3 aromatic rings. The number of aromatic nitrogens is 1. The van der Waals surface area contributed by atoms with Gasteiger partial charge < -0.3 is 14.7 Å². The Labute approximate surface area is 174 Å². The van der Waals surface area contributed by atoms with Gasteiger partial charge in [-0.15, -0.1) is 11.3 Å². The maximum atomic E-state index is 10.9. The standard InChI is InChI=1S/C23H24N2O3S/c1-25-13-11-18(12-14-25)28-22(23-24-19-7-2-3-8-20(19)29-23)17-6-4-5-16(15-17)9-10-21(26)27/h2-10,15,18,22H,11-14H2,1H3,(H,26,27)/b10-9+. The average Bonchev–Trinajstić information content (AvgIpc) is 3.16. The summed E-state index contributed by atoms with van der Waals surface area (Å²) in [4.78, 5) is 18.0. The molecule has 0 saturated carbocycles. The summed E-state index contributed by atoms with van der Waals surface area (Å²) >= 11 is 1.65. The molecular weight excluding hydrogens is 384 g/mol. The monoisotopic (exact) mass is 408 g/mol. The van der Waals surface area contributed by atoms with Crippen molar-refractivity contribution in [1.29, 1.82) is 0 Å². The van der Waals surface area contributed by atoms with E-state index in [4.69, 9.17) is 14.8 Å². The number of piperidine rings is 1. The zero-order valence-electron chi connectivity index (χ0n) is 16.3. The molecule has 0 aliphatic carbocycles. The Morgan fingerprint density at radius 1 is 1.24 bits per heavy atom. The first kappa shape index (κ1) is 19.8. The first-order chi connectivity index (χ1) is 14.1. The van der Waals surface area contributed by atoms with E-state index >= 15 is 0 Å². The number of hydrogen-bond acceptors (Lipinski definition) is 5. The van der Waals surface area contributed by atoms with Crippen molar-refractivity contribution in [1.82, 2.24) is 9.88 Å². The van der Waals surface area contributed by atoms with Crippen molar-refractivity contribution in [3.63, 3.8) is 0 Å². The van der Waals surface area contributed by atoms with E-state index in [9.17, 15) is 4.79 Å². The quantitative estimate of drug-likeness (QED) is 0.604. The first-order valence-corrected chi connectivity index (χ1v) is 10.6. The summed E-state index contributed by atoms with van der Waals surface area (Å²) < 4.78 is 7.74. The highest BCUT2D eigenvalue weighted by atomic mass is 32.1. The maximum Gasteiger partial charge on any atom is 0.328 e. The predicted octanol–water partition coefficient (Wildman–Crippen LogP) is 4.59. The molecule has 1 fully saturated rings. The zero-order valence-corrected chi connectivity index (χ0v) is 17.1. The molecule has 6 heteroatoms. The molecule has 1 aromatic heterocycles. The van der Waals surface area contributed by atoms with E-state index in [-0.39, 0.29) is 12.2 Å². The van der Waals surface area contributed by atoms with Crippen LogP contribution in [0.5, 0.6) is 0 Å². The highest BCUT2D eigenvalue weighted by molar-refractivity contribution is 7.18. The van der Waals surface area contributed by atoms with Crippen LogP contribution in [-0.2, 0) is 9.53 Å². The fraction of sp³-hybridized carbons (Fsp3) is 0.304. The lowest BCUT2D eigenvalue weighted by Crippen LogP contribution is -2.35.